The molecule has 1 fully saturated rings. The predicted molar refractivity (Wildman–Crippen MR) is 117 cm³/mol. The van der Waals surface area contributed by atoms with E-state index in [1.807, 2.05) is 54.4 Å². The number of rotatable bonds is 6. The monoisotopic (exact) mass is 405 g/mol. The van der Waals surface area contributed by atoms with Gasteiger partial charge in [-0.15, -0.1) is 0 Å². The van der Waals surface area contributed by atoms with E-state index >= 15 is 0 Å². The largest absolute Gasteiger partial charge is 0.492 e. The highest BCUT2D eigenvalue weighted by atomic mass is 16.5. The number of urea groups is 1. The summed E-state index contributed by atoms with van der Waals surface area (Å²) < 4.78 is 7.85. The number of nitrogens with one attached hydrogen (secondary N) is 1. The van der Waals surface area contributed by atoms with Crippen LogP contribution >= 0.6 is 0 Å². The predicted octanol–water partition coefficient (Wildman–Crippen LogP) is 4.21. The third-order valence-electron chi connectivity index (χ3n) is 5.44. The third kappa shape index (κ3) is 4.30. The molecule has 2 aromatic heterocycles. The number of nitrogens with zero attached hydrogens (tertiary/aromatic N) is 4. The van der Waals surface area contributed by atoms with Crippen molar-refractivity contribution in [3.05, 3.63) is 60.7 Å². The van der Waals surface area contributed by atoms with Crippen molar-refractivity contribution in [2.75, 3.05) is 25.0 Å². The molecule has 1 aliphatic heterocycles. The molecule has 2 amide bonds. The van der Waals surface area contributed by atoms with E-state index in [2.05, 4.69) is 26.8 Å². The van der Waals surface area contributed by atoms with Gasteiger partial charge in [0.25, 0.3) is 0 Å². The van der Waals surface area contributed by atoms with Crippen molar-refractivity contribution in [3.63, 3.8) is 0 Å². The zero-order valence-electron chi connectivity index (χ0n) is 17.4. The van der Waals surface area contributed by atoms with Gasteiger partial charge in [-0.1, -0.05) is 12.1 Å². The van der Waals surface area contributed by atoms with Gasteiger partial charge in [0.05, 0.1) is 12.3 Å². The maximum absolute atomic E-state index is 12.8. The lowest BCUT2D eigenvalue weighted by Gasteiger charge is -2.19. The van der Waals surface area contributed by atoms with Crippen LogP contribution in [0.15, 0.2) is 55.0 Å². The summed E-state index contributed by atoms with van der Waals surface area (Å²) in [4.78, 5) is 23.4. The van der Waals surface area contributed by atoms with Crippen LogP contribution in [0.3, 0.4) is 0 Å². The number of hydrogen-bond donors (Lipinski definition) is 1. The molecular weight excluding hydrogens is 378 g/mol. The number of aryl methyl sites for hydroxylation is 1. The molecular formula is C23H27N5O2. The average Bonchev–Trinajstić information content (AvgIpc) is 3.38. The summed E-state index contributed by atoms with van der Waals surface area (Å²) >= 11 is 0. The van der Waals surface area contributed by atoms with Crippen LogP contribution in [0, 0.1) is 12.8 Å². The first-order chi connectivity index (χ1) is 14.7. The van der Waals surface area contributed by atoms with Crippen molar-refractivity contribution in [3.8, 4) is 17.1 Å². The molecule has 3 heterocycles. The van der Waals surface area contributed by atoms with E-state index in [1.165, 1.54) is 0 Å². The first-order valence-corrected chi connectivity index (χ1v) is 10.4. The topological polar surface area (TPSA) is 72.3 Å². The molecule has 1 aliphatic rings. The molecule has 7 heteroatoms. The molecule has 1 saturated heterocycles. The van der Waals surface area contributed by atoms with Gasteiger partial charge in [-0.25, -0.2) is 9.78 Å². The summed E-state index contributed by atoms with van der Waals surface area (Å²) in [5.41, 5.74) is 2.88. The van der Waals surface area contributed by atoms with Crippen LogP contribution in [-0.2, 0) is 6.54 Å². The van der Waals surface area contributed by atoms with E-state index in [-0.39, 0.29) is 6.03 Å². The van der Waals surface area contributed by atoms with Crippen molar-refractivity contribution >= 4 is 11.7 Å². The summed E-state index contributed by atoms with van der Waals surface area (Å²) in [7, 11) is 0. The van der Waals surface area contributed by atoms with Gasteiger partial charge in [-0.3, -0.25) is 4.98 Å². The molecule has 0 saturated carbocycles. The molecule has 0 aliphatic carbocycles. The van der Waals surface area contributed by atoms with Crippen molar-refractivity contribution in [2.45, 2.75) is 26.8 Å². The number of benzene rings is 1. The normalized spacial score (nSPS) is 15.9. The van der Waals surface area contributed by atoms with Crippen LogP contribution < -0.4 is 10.1 Å². The van der Waals surface area contributed by atoms with Crippen LogP contribution in [0.4, 0.5) is 10.5 Å². The minimum atomic E-state index is -0.0821. The summed E-state index contributed by atoms with van der Waals surface area (Å²) in [6.45, 7) is 6.86. The van der Waals surface area contributed by atoms with Crippen LogP contribution in [0.25, 0.3) is 11.4 Å². The van der Waals surface area contributed by atoms with Crippen molar-refractivity contribution in [1.82, 2.24) is 19.4 Å². The quantitative estimate of drug-likeness (QED) is 0.667. The van der Waals surface area contributed by atoms with E-state index in [1.54, 1.807) is 12.4 Å². The molecule has 0 radical (unpaired) electrons. The molecule has 0 bridgehead atoms. The Hall–Kier alpha value is -3.35. The maximum atomic E-state index is 12.8. The summed E-state index contributed by atoms with van der Waals surface area (Å²) in [5.74, 6) is 2.02. The fourth-order valence-electron chi connectivity index (χ4n) is 3.89. The summed E-state index contributed by atoms with van der Waals surface area (Å²) in [5, 5.41) is 3.00. The molecule has 1 atom stereocenters. The van der Waals surface area contributed by atoms with Crippen LogP contribution in [-0.4, -0.2) is 45.2 Å². The van der Waals surface area contributed by atoms with Gasteiger partial charge in [0.2, 0.25) is 0 Å². The second-order valence-electron chi connectivity index (χ2n) is 7.53. The molecule has 1 N–H and O–H groups in total. The van der Waals surface area contributed by atoms with Crippen LogP contribution in [0.1, 0.15) is 19.0 Å². The average molecular weight is 406 g/mol. The number of likely N-dealkylation sites (tertiary alicyclic amines) is 1. The van der Waals surface area contributed by atoms with Gasteiger partial charge in [0.1, 0.15) is 11.6 Å². The van der Waals surface area contributed by atoms with E-state index in [0.717, 1.165) is 43.1 Å². The molecule has 4 rings (SSSR count). The SMILES string of the molecule is CCOc1ccccc1NC(=O)N1CCC(Cn2c(C)cnc2-c2ccncc2)C1. The molecule has 156 valence electrons. The van der Waals surface area contributed by atoms with Crippen molar-refractivity contribution < 1.29 is 9.53 Å². The first-order valence-electron chi connectivity index (χ1n) is 10.4. The highest BCUT2D eigenvalue weighted by Gasteiger charge is 2.28. The number of imidazole rings is 1. The Bertz CT molecular complexity index is 1000. The van der Waals surface area contributed by atoms with Gasteiger partial charge in [0.15, 0.2) is 0 Å². The zero-order valence-corrected chi connectivity index (χ0v) is 17.4. The molecule has 3 aromatic rings. The van der Waals surface area contributed by atoms with E-state index in [9.17, 15) is 4.79 Å². The lowest BCUT2D eigenvalue weighted by atomic mass is 10.1. The van der Waals surface area contributed by atoms with Crippen molar-refractivity contribution in [2.24, 2.45) is 5.92 Å². The Kier molecular flexibility index (Phi) is 5.97. The Labute approximate surface area is 176 Å². The van der Waals surface area contributed by atoms with Crippen LogP contribution in [0.2, 0.25) is 0 Å². The van der Waals surface area contributed by atoms with Gasteiger partial charge in [-0.2, -0.15) is 0 Å². The molecule has 1 aromatic carbocycles. The Morgan fingerprint density at radius 2 is 2.03 bits per heavy atom. The number of pyridine rings is 1. The minimum Gasteiger partial charge on any atom is -0.492 e. The van der Waals surface area contributed by atoms with Gasteiger partial charge >= 0.3 is 6.03 Å². The number of anilines is 1. The van der Waals surface area contributed by atoms with Gasteiger partial charge in [-0.05, 0) is 50.5 Å². The maximum Gasteiger partial charge on any atom is 0.321 e. The Morgan fingerprint density at radius 3 is 2.83 bits per heavy atom. The van der Waals surface area contributed by atoms with Crippen LogP contribution in [0.5, 0.6) is 5.75 Å². The number of aromatic nitrogens is 3. The standard InChI is InChI=1S/C23H27N5O2/c1-3-30-21-7-5-4-6-20(21)26-23(29)27-13-10-18(15-27)16-28-17(2)14-25-22(28)19-8-11-24-12-9-19/h4-9,11-12,14,18H,3,10,13,15-16H2,1-2H3,(H,26,29). The second-order valence-corrected chi connectivity index (χ2v) is 7.53. The molecule has 1 unspecified atom stereocenters. The number of para-hydroxylation sites is 2. The smallest absolute Gasteiger partial charge is 0.321 e. The van der Waals surface area contributed by atoms with Gasteiger partial charge in [0, 0.05) is 49.5 Å². The lowest BCUT2D eigenvalue weighted by Crippen LogP contribution is -2.33. The van der Waals surface area contributed by atoms with E-state index in [4.69, 9.17) is 4.74 Å². The number of carbonyl (C=O) groups is 1. The highest BCUT2D eigenvalue weighted by molar-refractivity contribution is 5.91. The molecule has 7 nitrogen and oxygen atoms in total. The summed E-state index contributed by atoms with van der Waals surface area (Å²) in [6.07, 6.45) is 6.44. The lowest BCUT2D eigenvalue weighted by molar-refractivity contribution is 0.220. The number of carbonyl (C=O) groups excluding carboxylic acids is 1. The minimum absolute atomic E-state index is 0.0821. The molecule has 30 heavy (non-hydrogen) atoms. The van der Waals surface area contributed by atoms with E-state index in [0.29, 0.717) is 24.0 Å². The zero-order chi connectivity index (χ0) is 20.9. The number of amides is 2. The second kappa shape index (κ2) is 8.98. The van der Waals surface area contributed by atoms with Crippen molar-refractivity contribution in [1.29, 1.82) is 0 Å². The van der Waals surface area contributed by atoms with E-state index < -0.39 is 0 Å². The summed E-state index contributed by atoms with van der Waals surface area (Å²) in [6, 6.07) is 11.4. The fourth-order valence-corrected chi connectivity index (χ4v) is 3.89. The number of ether oxygens (including phenoxy) is 1. The molecule has 0 spiro atoms. The Morgan fingerprint density at radius 1 is 1.23 bits per heavy atom. The first kappa shape index (κ1) is 19.9. The third-order valence-corrected chi connectivity index (χ3v) is 5.44. The highest BCUT2D eigenvalue weighted by Crippen LogP contribution is 2.27. The van der Waals surface area contributed by atoms with Gasteiger partial charge < -0.3 is 19.5 Å². The Balaban J connectivity index is 1.41. The fraction of sp³-hybridized carbons (Fsp3) is 0.348. The number of hydrogen-bond acceptors (Lipinski definition) is 4.